The Morgan fingerprint density at radius 2 is 1.59 bits per heavy atom. The number of carbonyl (C=O) groups excluding carboxylic acids is 4. The SMILES string of the molecule is N#Cc1ccccc1OCC(=O)NNC(=O)CNC(=O)CNC(=O)c1ccc(Cl)cc1Cl. The third kappa shape index (κ3) is 7.79. The molecule has 0 atom stereocenters. The number of carbonyl (C=O) groups is 4. The molecule has 32 heavy (non-hydrogen) atoms. The summed E-state index contributed by atoms with van der Waals surface area (Å²) in [6.07, 6.45) is 0. The molecular weight excluding hydrogens is 461 g/mol. The molecule has 4 N–H and O–H groups in total. The lowest BCUT2D eigenvalue weighted by molar-refractivity contribution is -0.130. The molecule has 10 nitrogen and oxygen atoms in total. The summed E-state index contributed by atoms with van der Waals surface area (Å²) in [5.41, 5.74) is 4.60. The largest absolute Gasteiger partial charge is 0.482 e. The molecule has 2 aromatic carbocycles. The molecule has 0 aromatic heterocycles. The summed E-state index contributed by atoms with van der Waals surface area (Å²) < 4.78 is 5.21. The molecule has 2 aromatic rings. The predicted octanol–water partition coefficient (Wildman–Crippen LogP) is 0.937. The Morgan fingerprint density at radius 3 is 2.31 bits per heavy atom. The van der Waals surface area contributed by atoms with Crippen LogP contribution in [-0.4, -0.2) is 43.3 Å². The van der Waals surface area contributed by atoms with Gasteiger partial charge in [-0.3, -0.25) is 30.0 Å². The molecule has 12 heteroatoms. The molecule has 0 fully saturated rings. The van der Waals surface area contributed by atoms with Crippen molar-refractivity contribution >= 4 is 46.8 Å². The number of hydrogen-bond donors (Lipinski definition) is 4. The van der Waals surface area contributed by atoms with Crippen molar-refractivity contribution in [2.24, 2.45) is 0 Å². The van der Waals surface area contributed by atoms with E-state index in [1.807, 2.05) is 6.07 Å². The van der Waals surface area contributed by atoms with Gasteiger partial charge < -0.3 is 15.4 Å². The highest BCUT2D eigenvalue weighted by Crippen LogP contribution is 2.20. The van der Waals surface area contributed by atoms with Crippen LogP contribution in [0.4, 0.5) is 0 Å². The van der Waals surface area contributed by atoms with Gasteiger partial charge in [0.05, 0.1) is 29.2 Å². The van der Waals surface area contributed by atoms with Crippen LogP contribution >= 0.6 is 23.2 Å². The maximum absolute atomic E-state index is 12.0. The molecule has 0 radical (unpaired) electrons. The lowest BCUT2D eigenvalue weighted by atomic mass is 10.2. The first-order chi connectivity index (χ1) is 15.3. The number of para-hydroxylation sites is 1. The van der Waals surface area contributed by atoms with Gasteiger partial charge in [-0.2, -0.15) is 5.26 Å². The van der Waals surface area contributed by atoms with Gasteiger partial charge in [0.15, 0.2) is 6.61 Å². The van der Waals surface area contributed by atoms with Crippen LogP contribution in [0, 0.1) is 11.3 Å². The highest BCUT2D eigenvalue weighted by Gasteiger charge is 2.13. The van der Waals surface area contributed by atoms with E-state index in [1.165, 1.54) is 30.3 Å². The van der Waals surface area contributed by atoms with Crippen molar-refractivity contribution in [1.82, 2.24) is 21.5 Å². The van der Waals surface area contributed by atoms with E-state index < -0.39 is 43.3 Å². The predicted molar refractivity (Wildman–Crippen MR) is 115 cm³/mol. The van der Waals surface area contributed by atoms with E-state index in [4.69, 9.17) is 33.2 Å². The van der Waals surface area contributed by atoms with Crippen LogP contribution in [0.15, 0.2) is 42.5 Å². The van der Waals surface area contributed by atoms with Crippen molar-refractivity contribution in [2.45, 2.75) is 0 Å². The summed E-state index contributed by atoms with van der Waals surface area (Å²) in [4.78, 5) is 47.3. The summed E-state index contributed by atoms with van der Waals surface area (Å²) >= 11 is 11.7. The Hall–Kier alpha value is -3.81. The molecule has 0 heterocycles. The second-order valence-corrected chi connectivity index (χ2v) is 6.92. The normalized spacial score (nSPS) is 9.78. The first kappa shape index (κ1) is 24.5. The van der Waals surface area contributed by atoms with Crippen LogP contribution in [0.3, 0.4) is 0 Å². The molecule has 0 spiro atoms. The van der Waals surface area contributed by atoms with E-state index in [0.29, 0.717) is 5.02 Å². The lowest BCUT2D eigenvalue weighted by Gasteiger charge is -2.10. The third-order valence-electron chi connectivity index (χ3n) is 3.74. The number of rotatable bonds is 8. The summed E-state index contributed by atoms with van der Waals surface area (Å²) in [6.45, 7) is -1.29. The fourth-order valence-corrected chi connectivity index (χ4v) is 2.71. The van der Waals surface area contributed by atoms with Crippen molar-refractivity contribution in [2.75, 3.05) is 19.7 Å². The molecule has 0 saturated heterocycles. The number of hydrazine groups is 1. The summed E-state index contributed by atoms with van der Waals surface area (Å²) in [5.74, 6) is -2.38. The second-order valence-electron chi connectivity index (χ2n) is 6.08. The molecule has 2 rings (SSSR count). The van der Waals surface area contributed by atoms with Gasteiger partial charge in [0, 0.05) is 5.02 Å². The number of benzene rings is 2. The number of hydrogen-bond acceptors (Lipinski definition) is 6. The first-order valence-corrected chi connectivity index (χ1v) is 9.75. The van der Waals surface area contributed by atoms with Crippen molar-refractivity contribution in [3.05, 3.63) is 63.6 Å². The van der Waals surface area contributed by atoms with E-state index in [2.05, 4.69) is 21.5 Å². The zero-order chi connectivity index (χ0) is 23.5. The standard InChI is InChI=1S/C20H17Cl2N5O5/c21-13-5-6-14(15(22)7-13)20(31)25-9-17(28)24-10-18(29)26-27-19(30)11-32-16-4-2-1-3-12(16)8-23/h1-7H,9-11H2,(H,24,28)(H,25,31)(H,26,29)(H,27,30). The van der Waals surface area contributed by atoms with Crippen molar-refractivity contribution < 1.29 is 23.9 Å². The van der Waals surface area contributed by atoms with Gasteiger partial charge in [0.2, 0.25) is 5.91 Å². The highest BCUT2D eigenvalue weighted by atomic mass is 35.5. The van der Waals surface area contributed by atoms with Crippen LogP contribution in [0.25, 0.3) is 0 Å². The number of ether oxygens (including phenoxy) is 1. The summed E-state index contributed by atoms with van der Waals surface area (Å²) in [6, 6.07) is 12.6. The monoisotopic (exact) mass is 477 g/mol. The van der Waals surface area contributed by atoms with Gasteiger partial charge in [-0.15, -0.1) is 0 Å². The van der Waals surface area contributed by atoms with Gasteiger partial charge in [0.1, 0.15) is 11.8 Å². The topological polar surface area (TPSA) is 149 Å². The molecule has 0 saturated carbocycles. The van der Waals surface area contributed by atoms with E-state index in [-0.39, 0.29) is 21.9 Å². The minimum Gasteiger partial charge on any atom is -0.482 e. The highest BCUT2D eigenvalue weighted by molar-refractivity contribution is 6.36. The van der Waals surface area contributed by atoms with E-state index >= 15 is 0 Å². The Kier molecular flexibility index (Phi) is 9.28. The molecule has 0 bridgehead atoms. The molecule has 166 valence electrons. The van der Waals surface area contributed by atoms with Crippen molar-refractivity contribution in [1.29, 1.82) is 5.26 Å². The van der Waals surface area contributed by atoms with Crippen LogP contribution in [-0.2, 0) is 14.4 Å². The van der Waals surface area contributed by atoms with Crippen molar-refractivity contribution in [3.8, 4) is 11.8 Å². The molecule has 0 aliphatic carbocycles. The minimum absolute atomic E-state index is 0.130. The Bertz CT molecular complexity index is 1070. The quantitative estimate of drug-likeness (QED) is 0.415. The first-order valence-electron chi connectivity index (χ1n) is 8.99. The smallest absolute Gasteiger partial charge is 0.276 e. The lowest BCUT2D eigenvalue weighted by Crippen LogP contribution is -2.48. The van der Waals surface area contributed by atoms with Gasteiger partial charge in [0.25, 0.3) is 17.7 Å². The number of nitrogens with zero attached hydrogens (tertiary/aromatic N) is 1. The Morgan fingerprint density at radius 1 is 0.906 bits per heavy atom. The average molecular weight is 478 g/mol. The van der Waals surface area contributed by atoms with E-state index in [1.54, 1.807) is 12.1 Å². The maximum atomic E-state index is 12.0. The molecule has 4 amide bonds. The summed E-state index contributed by atoms with van der Waals surface area (Å²) in [7, 11) is 0. The van der Waals surface area contributed by atoms with Gasteiger partial charge in [-0.05, 0) is 30.3 Å². The minimum atomic E-state index is -0.712. The Labute approximate surface area is 192 Å². The maximum Gasteiger partial charge on any atom is 0.276 e. The van der Waals surface area contributed by atoms with Gasteiger partial charge in [-0.1, -0.05) is 35.3 Å². The number of nitriles is 1. The van der Waals surface area contributed by atoms with Crippen molar-refractivity contribution in [3.63, 3.8) is 0 Å². The van der Waals surface area contributed by atoms with E-state index in [0.717, 1.165) is 0 Å². The molecular formula is C20H17Cl2N5O5. The molecule has 0 aliphatic heterocycles. The van der Waals surface area contributed by atoms with Crippen LogP contribution in [0.2, 0.25) is 10.0 Å². The fourth-order valence-electron chi connectivity index (χ4n) is 2.22. The second kappa shape index (κ2) is 12.1. The Balaban J connectivity index is 1.65. The zero-order valence-corrected chi connectivity index (χ0v) is 17.9. The van der Waals surface area contributed by atoms with Crippen LogP contribution in [0.5, 0.6) is 5.75 Å². The van der Waals surface area contributed by atoms with Gasteiger partial charge >= 0.3 is 0 Å². The average Bonchev–Trinajstić information content (AvgIpc) is 2.78. The summed E-state index contributed by atoms with van der Waals surface area (Å²) in [5, 5.41) is 14.1. The fraction of sp³-hybridized carbons (Fsp3) is 0.150. The zero-order valence-electron chi connectivity index (χ0n) is 16.4. The number of halogens is 2. The van der Waals surface area contributed by atoms with Crippen LogP contribution in [0.1, 0.15) is 15.9 Å². The van der Waals surface area contributed by atoms with Crippen LogP contribution < -0.4 is 26.2 Å². The molecule has 0 aliphatic rings. The van der Waals surface area contributed by atoms with E-state index in [9.17, 15) is 19.2 Å². The third-order valence-corrected chi connectivity index (χ3v) is 4.29. The van der Waals surface area contributed by atoms with Gasteiger partial charge in [-0.25, -0.2) is 0 Å². The molecule has 0 unspecified atom stereocenters. The number of nitrogens with one attached hydrogen (secondary N) is 4. The number of amides is 4.